The smallest absolute Gasteiger partial charge is 0.437 e. The number of hydrogen-bond donors (Lipinski definition) is 1. The van der Waals surface area contributed by atoms with Gasteiger partial charge in [-0.3, -0.25) is 0 Å². The van der Waals surface area contributed by atoms with Crippen LogP contribution in [0.5, 0.6) is 0 Å². The van der Waals surface area contributed by atoms with Gasteiger partial charge in [-0.25, -0.2) is 9.18 Å². The first-order chi connectivity index (χ1) is 9.51. The van der Waals surface area contributed by atoms with Crippen molar-refractivity contribution in [2.45, 2.75) is 19.8 Å². The highest BCUT2D eigenvalue weighted by molar-refractivity contribution is 5.62. The van der Waals surface area contributed by atoms with E-state index < -0.39 is 6.16 Å². The molecule has 0 spiro atoms. The van der Waals surface area contributed by atoms with Crippen LogP contribution in [0.3, 0.4) is 0 Å². The third kappa shape index (κ3) is 2.99. The Hall–Kier alpha value is -2.30. The van der Waals surface area contributed by atoms with E-state index in [4.69, 9.17) is 4.74 Å². The molecule has 0 aliphatic carbocycles. The van der Waals surface area contributed by atoms with Crippen LogP contribution in [0, 0.1) is 5.82 Å². The van der Waals surface area contributed by atoms with E-state index in [1.807, 2.05) is 19.9 Å². The zero-order valence-electron chi connectivity index (χ0n) is 11.6. The molecule has 5 heteroatoms. The van der Waals surface area contributed by atoms with E-state index in [1.165, 1.54) is 19.2 Å². The molecule has 20 heavy (non-hydrogen) atoms. The minimum absolute atomic E-state index is 0.254. The van der Waals surface area contributed by atoms with Crippen LogP contribution in [0.25, 0.3) is 0 Å². The number of benzene rings is 1. The molecule has 4 nitrogen and oxygen atoms in total. The molecule has 0 radical (unpaired) electrons. The van der Waals surface area contributed by atoms with Gasteiger partial charge in [0.2, 0.25) is 0 Å². The third-order valence-corrected chi connectivity index (χ3v) is 3.04. The summed E-state index contributed by atoms with van der Waals surface area (Å²) >= 11 is 0. The molecule has 0 saturated heterocycles. The summed E-state index contributed by atoms with van der Waals surface area (Å²) in [4.78, 5) is 11.4. The Morgan fingerprint density at radius 1 is 1.25 bits per heavy atom. The molecule has 1 aliphatic heterocycles. The lowest BCUT2D eigenvalue weighted by Crippen LogP contribution is -2.23. The van der Waals surface area contributed by atoms with Crippen LogP contribution in [-0.4, -0.2) is 13.3 Å². The number of allylic oxidation sites excluding steroid dienone is 3. The Labute approximate surface area is 116 Å². The molecule has 2 rings (SSSR count). The highest BCUT2D eigenvalue weighted by atomic mass is 19.1. The van der Waals surface area contributed by atoms with Crippen molar-refractivity contribution < 1.29 is 18.7 Å². The summed E-state index contributed by atoms with van der Waals surface area (Å²) < 4.78 is 22.8. The molecular weight excluding hydrogens is 261 g/mol. The lowest BCUT2D eigenvalue weighted by molar-refractivity contribution is 0.0925. The highest BCUT2D eigenvalue weighted by Crippen LogP contribution is 2.32. The van der Waals surface area contributed by atoms with Gasteiger partial charge in [0.25, 0.3) is 0 Å². The van der Waals surface area contributed by atoms with Crippen molar-refractivity contribution >= 4 is 6.16 Å². The van der Waals surface area contributed by atoms with Gasteiger partial charge in [-0.05, 0) is 31.5 Å². The lowest BCUT2D eigenvalue weighted by atomic mass is 9.93. The number of carbonyl (C=O) groups is 1. The Morgan fingerprint density at radius 2 is 1.90 bits per heavy atom. The van der Waals surface area contributed by atoms with Gasteiger partial charge in [0, 0.05) is 5.70 Å². The maximum atomic E-state index is 13.0. The van der Waals surface area contributed by atoms with E-state index in [2.05, 4.69) is 10.1 Å². The summed E-state index contributed by atoms with van der Waals surface area (Å²) in [6, 6.07) is 6.10. The Bertz CT molecular complexity index is 575. The molecule has 0 fully saturated rings. The Balaban J connectivity index is 2.37. The van der Waals surface area contributed by atoms with Gasteiger partial charge in [0.15, 0.2) is 0 Å². The van der Waals surface area contributed by atoms with Crippen molar-refractivity contribution in [2.75, 3.05) is 7.11 Å². The number of ether oxygens (including phenoxy) is 2. The summed E-state index contributed by atoms with van der Waals surface area (Å²) in [6.45, 7) is 3.72. The second-order valence-electron chi connectivity index (χ2n) is 4.55. The van der Waals surface area contributed by atoms with Gasteiger partial charge >= 0.3 is 6.16 Å². The summed E-state index contributed by atoms with van der Waals surface area (Å²) in [5.41, 5.74) is 2.50. The number of rotatable bonds is 2. The second-order valence-corrected chi connectivity index (χ2v) is 4.55. The predicted molar refractivity (Wildman–Crippen MR) is 72.2 cm³/mol. The summed E-state index contributed by atoms with van der Waals surface area (Å²) in [5, 5.41) is 3.10. The molecule has 0 saturated carbocycles. The van der Waals surface area contributed by atoms with Crippen molar-refractivity contribution in [3.8, 4) is 0 Å². The maximum absolute atomic E-state index is 13.0. The first-order valence-electron chi connectivity index (χ1n) is 6.18. The molecule has 0 amide bonds. The molecular formula is C15H16FNO3. The molecule has 1 aromatic carbocycles. The maximum Gasteiger partial charge on any atom is 0.513 e. The molecule has 1 aromatic rings. The van der Waals surface area contributed by atoms with Gasteiger partial charge in [-0.15, -0.1) is 0 Å². The van der Waals surface area contributed by atoms with E-state index in [1.54, 1.807) is 12.1 Å². The van der Waals surface area contributed by atoms with E-state index in [9.17, 15) is 9.18 Å². The van der Waals surface area contributed by atoms with Gasteiger partial charge in [0.1, 0.15) is 11.6 Å². The lowest BCUT2D eigenvalue weighted by Gasteiger charge is -2.25. The fraction of sp³-hybridized carbons (Fsp3) is 0.267. The minimum Gasteiger partial charge on any atom is -0.437 e. The SMILES string of the molecule is COC(=O)OC1=C(C)NC(C)=CC1c1ccc(F)cc1. The summed E-state index contributed by atoms with van der Waals surface area (Å²) in [6.07, 6.45) is 1.14. The quantitative estimate of drug-likeness (QED) is 0.841. The number of methoxy groups -OCH3 is 1. The van der Waals surface area contributed by atoms with Crippen molar-refractivity contribution in [2.24, 2.45) is 0 Å². The molecule has 1 heterocycles. The van der Waals surface area contributed by atoms with Crippen LogP contribution in [0.15, 0.2) is 47.5 Å². The molecule has 1 unspecified atom stereocenters. The molecule has 1 N–H and O–H groups in total. The van der Waals surface area contributed by atoms with Crippen molar-refractivity contribution in [3.63, 3.8) is 0 Å². The molecule has 0 bridgehead atoms. The minimum atomic E-state index is -0.777. The number of dihydropyridines is 1. The normalized spacial score (nSPS) is 18.2. The standard InChI is InChI=1S/C15H16FNO3/c1-9-8-13(11-4-6-12(16)7-5-11)14(10(2)17-9)20-15(18)19-3/h4-8,13,17H,1-3H3. The van der Waals surface area contributed by atoms with Crippen LogP contribution in [-0.2, 0) is 9.47 Å². The van der Waals surface area contributed by atoms with E-state index in [0.29, 0.717) is 5.76 Å². The monoisotopic (exact) mass is 277 g/mol. The van der Waals surface area contributed by atoms with E-state index in [0.717, 1.165) is 17.0 Å². The van der Waals surface area contributed by atoms with Crippen LogP contribution in [0.4, 0.5) is 9.18 Å². The topological polar surface area (TPSA) is 47.6 Å². The predicted octanol–water partition coefficient (Wildman–Crippen LogP) is 3.43. The van der Waals surface area contributed by atoms with E-state index >= 15 is 0 Å². The fourth-order valence-electron chi connectivity index (χ4n) is 2.15. The van der Waals surface area contributed by atoms with E-state index in [-0.39, 0.29) is 11.7 Å². The zero-order valence-corrected chi connectivity index (χ0v) is 11.6. The van der Waals surface area contributed by atoms with Crippen molar-refractivity contribution in [3.05, 3.63) is 58.9 Å². The summed E-state index contributed by atoms with van der Waals surface area (Å²) in [5.74, 6) is -0.107. The van der Waals surface area contributed by atoms with Crippen molar-refractivity contribution in [1.82, 2.24) is 5.32 Å². The van der Waals surface area contributed by atoms with Crippen LogP contribution >= 0.6 is 0 Å². The average molecular weight is 277 g/mol. The van der Waals surface area contributed by atoms with Gasteiger partial charge in [0.05, 0.1) is 18.7 Å². The summed E-state index contributed by atoms with van der Waals surface area (Å²) in [7, 11) is 1.25. The highest BCUT2D eigenvalue weighted by Gasteiger charge is 2.25. The van der Waals surface area contributed by atoms with Gasteiger partial charge in [-0.2, -0.15) is 0 Å². The van der Waals surface area contributed by atoms with Crippen molar-refractivity contribution in [1.29, 1.82) is 0 Å². The molecule has 106 valence electrons. The third-order valence-electron chi connectivity index (χ3n) is 3.04. The Kier molecular flexibility index (Phi) is 4.08. The van der Waals surface area contributed by atoms with Gasteiger partial charge < -0.3 is 14.8 Å². The average Bonchev–Trinajstić information content (AvgIpc) is 2.42. The largest absolute Gasteiger partial charge is 0.513 e. The molecule has 1 atom stereocenters. The second kappa shape index (κ2) is 5.77. The zero-order chi connectivity index (χ0) is 14.7. The fourth-order valence-corrected chi connectivity index (χ4v) is 2.15. The first-order valence-corrected chi connectivity index (χ1v) is 6.18. The number of nitrogens with one attached hydrogen (secondary N) is 1. The van der Waals surface area contributed by atoms with Crippen LogP contribution in [0.1, 0.15) is 25.3 Å². The Morgan fingerprint density at radius 3 is 2.50 bits per heavy atom. The van der Waals surface area contributed by atoms with Crippen LogP contribution in [0.2, 0.25) is 0 Å². The number of halogens is 1. The number of hydrogen-bond acceptors (Lipinski definition) is 4. The number of carbonyl (C=O) groups excluding carboxylic acids is 1. The molecule has 1 aliphatic rings. The first kappa shape index (κ1) is 14.1. The molecule has 0 aromatic heterocycles. The van der Waals surface area contributed by atoms with Gasteiger partial charge in [-0.1, -0.05) is 18.2 Å². The van der Waals surface area contributed by atoms with Crippen LogP contribution < -0.4 is 5.32 Å².